The standard InChI is InChI=1S/C27H25NO6/c1-32-16-19-5-3-4-6-22(19)18-9-7-17(8-10-18)13-23(27(30)31)28-26(29)25-15-20-14-21(33-2)11-12-24(20)34-25/h3-12,14-15,23H,13,16H2,1-2H3,(H,28,29)(H,30,31)/t23-/m0/s1. The third-order valence-electron chi connectivity index (χ3n) is 5.57. The van der Waals surface area contributed by atoms with Crippen molar-refractivity contribution in [2.45, 2.75) is 19.1 Å². The number of aliphatic carboxylic acids is 1. The number of hydrogen-bond acceptors (Lipinski definition) is 5. The predicted molar refractivity (Wildman–Crippen MR) is 128 cm³/mol. The molecule has 0 bridgehead atoms. The molecule has 1 atom stereocenters. The van der Waals surface area contributed by atoms with E-state index in [4.69, 9.17) is 13.9 Å². The van der Waals surface area contributed by atoms with Crippen LogP contribution in [0.15, 0.2) is 77.2 Å². The fourth-order valence-electron chi connectivity index (χ4n) is 3.83. The van der Waals surface area contributed by atoms with Gasteiger partial charge in [0, 0.05) is 18.9 Å². The number of carbonyl (C=O) groups is 2. The lowest BCUT2D eigenvalue weighted by molar-refractivity contribution is -0.139. The van der Waals surface area contributed by atoms with Crippen molar-refractivity contribution in [3.8, 4) is 16.9 Å². The van der Waals surface area contributed by atoms with Crippen LogP contribution in [0.2, 0.25) is 0 Å². The van der Waals surface area contributed by atoms with Gasteiger partial charge in [-0.1, -0.05) is 48.5 Å². The topological polar surface area (TPSA) is 98.0 Å². The molecule has 0 aliphatic carbocycles. The average molecular weight is 459 g/mol. The summed E-state index contributed by atoms with van der Waals surface area (Å²) in [5.41, 5.74) is 4.43. The number of carboxylic acids is 1. The number of benzene rings is 3. The van der Waals surface area contributed by atoms with E-state index in [1.165, 1.54) is 0 Å². The van der Waals surface area contributed by atoms with Crippen molar-refractivity contribution >= 4 is 22.8 Å². The number of hydrogen-bond donors (Lipinski definition) is 2. The number of amides is 1. The number of fused-ring (bicyclic) bond motifs is 1. The van der Waals surface area contributed by atoms with Gasteiger partial charge in [-0.2, -0.15) is 0 Å². The highest BCUT2D eigenvalue weighted by Crippen LogP contribution is 2.26. The van der Waals surface area contributed by atoms with Crippen molar-refractivity contribution in [2.24, 2.45) is 0 Å². The van der Waals surface area contributed by atoms with E-state index in [0.717, 1.165) is 22.3 Å². The summed E-state index contributed by atoms with van der Waals surface area (Å²) in [5, 5.41) is 12.9. The zero-order valence-corrected chi connectivity index (χ0v) is 18.9. The molecule has 0 unspecified atom stereocenters. The van der Waals surface area contributed by atoms with Gasteiger partial charge in [-0.05, 0) is 46.5 Å². The Morgan fingerprint density at radius 3 is 2.47 bits per heavy atom. The van der Waals surface area contributed by atoms with Crippen LogP contribution in [-0.4, -0.2) is 37.2 Å². The second-order valence-corrected chi connectivity index (χ2v) is 7.87. The van der Waals surface area contributed by atoms with E-state index in [2.05, 4.69) is 5.32 Å². The molecule has 7 nitrogen and oxygen atoms in total. The molecule has 1 amide bonds. The number of ether oxygens (including phenoxy) is 2. The summed E-state index contributed by atoms with van der Waals surface area (Å²) in [5.74, 6) is -1.04. The first-order valence-electron chi connectivity index (χ1n) is 10.8. The van der Waals surface area contributed by atoms with Gasteiger partial charge < -0.3 is 24.3 Å². The van der Waals surface area contributed by atoms with Crippen molar-refractivity contribution in [1.29, 1.82) is 0 Å². The van der Waals surface area contributed by atoms with E-state index in [-0.39, 0.29) is 12.2 Å². The first kappa shape index (κ1) is 23.1. The highest BCUT2D eigenvalue weighted by Gasteiger charge is 2.23. The number of rotatable bonds is 9. The first-order chi connectivity index (χ1) is 16.5. The summed E-state index contributed by atoms with van der Waals surface area (Å²) in [4.78, 5) is 24.6. The van der Waals surface area contributed by atoms with Crippen LogP contribution in [0.3, 0.4) is 0 Å². The number of carboxylic acid groups (broad SMARTS) is 1. The molecule has 0 aliphatic rings. The van der Waals surface area contributed by atoms with Gasteiger partial charge in [-0.25, -0.2) is 4.79 Å². The number of furan rings is 1. The minimum absolute atomic E-state index is 0.0413. The van der Waals surface area contributed by atoms with Gasteiger partial charge >= 0.3 is 5.97 Å². The molecule has 174 valence electrons. The number of methoxy groups -OCH3 is 2. The Labute approximate surface area is 196 Å². The molecule has 4 rings (SSSR count). The molecule has 7 heteroatoms. The van der Waals surface area contributed by atoms with Gasteiger partial charge in [0.15, 0.2) is 5.76 Å². The molecule has 1 aromatic heterocycles. The van der Waals surface area contributed by atoms with Gasteiger partial charge in [-0.15, -0.1) is 0 Å². The third-order valence-corrected chi connectivity index (χ3v) is 5.57. The Kier molecular flexibility index (Phi) is 6.94. The fraction of sp³-hybridized carbons (Fsp3) is 0.185. The van der Waals surface area contributed by atoms with Crippen molar-refractivity contribution in [1.82, 2.24) is 5.32 Å². The van der Waals surface area contributed by atoms with Crippen LogP contribution >= 0.6 is 0 Å². The van der Waals surface area contributed by atoms with Crippen molar-refractivity contribution in [3.05, 3.63) is 89.7 Å². The Morgan fingerprint density at radius 1 is 1.00 bits per heavy atom. The van der Waals surface area contributed by atoms with E-state index in [9.17, 15) is 14.7 Å². The van der Waals surface area contributed by atoms with Crippen molar-refractivity contribution in [3.63, 3.8) is 0 Å². The van der Waals surface area contributed by atoms with Gasteiger partial charge in [-0.3, -0.25) is 4.79 Å². The largest absolute Gasteiger partial charge is 0.497 e. The maximum Gasteiger partial charge on any atom is 0.326 e. The molecule has 0 aliphatic heterocycles. The lowest BCUT2D eigenvalue weighted by Gasteiger charge is -2.14. The lowest BCUT2D eigenvalue weighted by atomic mass is 9.97. The van der Waals surface area contributed by atoms with Crippen LogP contribution in [0.1, 0.15) is 21.7 Å². The quantitative estimate of drug-likeness (QED) is 0.377. The minimum atomic E-state index is -1.12. The van der Waals surface area contributed by atoms with Crippen LogP contribution in [-0.2, 0) is 22.6 Å². The van der Waals surface area contributed by atoms with Crippen LogP contribution in [0.25, 0.3) is 22.1 Å². The van der Waals surface area contributed by atoms with Gasteiger partial charge in [0.1, 0.15) is 17.4 Å². The van der Waals surface area contributed by atoms with E-state index in [0.29, 0.717) is 23.3 Å². The lowest BCUT2D eigenvalue weighted by Crippen LogP contribution is -2.42. The second kappa shape index (κ2) is 10.2. The van der Waals surface area contributed by atoms with Gasteiger partial charge in [0.05, 0.1) is 13.7 Å². The Hall–Kier alpha value is -4.10. The maximum atomic E-state index is 12.7. The fourth-order valence-corrected chi connectivity index (χ4v) is 3.83. The molecule has 34 heavy (non-hydrogen) atoms. The minimum Gasteiger partial charge on any atom is -0.497 e. The van der Waals surface area contributed by atoms with Gasteiger partial charge in [0.25, 0.3) is 5.91 Å². The third kappa shape index (κ3) is 5.10. The monoisotopic (exact) mass is 459 g/mol. The summed E-state index contributed by atoms with van der Waals surface area (Å²) in [7, 11) is 3.21. The zero-order valence-electron chi connectivity index (χ0n) is 18.9. The van der Waals surface area contributed by atoms with Crippen LogP contribution < -0.4 is 10.1 Å². The maximum absolute atomic E-state index is 12.7. The van der Waals surface area contributed by atoms with Crippen LogP contribution in [0.4, 0.5) is 0 Å². The molecule has 2 N–H and O–H groups in total. The smallest absolute Gasteiger partial charge is 0.326 e. The average Bonchev–Trinajstić information content (AvgIpc) is 3.28. The summed E-state index contributed by atoms with van der Waals surface area (Å²) >= 11 is 0. The van der Waals surface area contributed by atoms with E-state index < -0.39 is 17.9 Å². The molecular formula is C27H25NO6. The van der Waals surface area contributed by atoms with Crippen molar-refractivity contribution < 1.29 is 28.6 Å². The van der Waals surface area contributed by atoms with E-state index in [1.807, 2.05) is 48.5 Å². The molecule has 4 aromatic rings. The van der Waals surface area contributed by atoms with Crippen molar-refractivity contribution in [2.75, 3.05) is 14.2 Å². The van der Waals surface area contributed by atoms with E-state index >= 15 is 0 Å². The molecule has 1 heterocycles. The zero-order chi connectivity index (χ0) is 24.1. The van der Waals surface area contributed by atoms with Crippen LogP contribution in [0, 0.1) is 0 Å². The Balaban J connectivity index is 1.48. The summed E-state index contributed by atoms with van der Waals surface area (Å²) in [6.45, 7) is 0.500. The number of carbonyl (C=O) groups excluding carboxylic acids is 1. The highest BCUT2D eigenvalue weighted by atomic mass is 16.5. The molecule has 3 aromatic carbocycles. The normalized spacial score (nSPS) is 11.8. The molecular weight excluding hydrogens is 434 g/mol. The molecule has 0 saturated heterocycles. The highest BCUT2D eigenvalue weighted by molar-refractivity contribution is 5.98. The summed E-state index contributed by atoms with van der Waals surface area (Å²) in [6, 6.07) is 21.2. The Morgan fingerprint density at radius 2 is 1.76 bits per heavy atom. The number of nitrogens with one attached hydrogen (secondary N) is 1. The first-order valence-corrected chi connectivity index (χ1v) is 10.8. The summed E-state index contributed by atoms with van der Waals surface area (Å²) < 4.78 is 16.0. The molecule has 0 radical (unpaired) electrons. The molecule has 0 fully saturated rings. The molecule has 0 saturated carbocycles. The van der Waals surface area contributed by atoms with E-state index in [1.54, 1.807) is 38.5 Å². The summed E-state index contributed by atoms with van der Waals surface area (Å²) in [6.07, 6.45) is 0.134. The van der Waals surface area contributed by atoms with Crippen LogP contribution in [0.5, 0.6) is 5.75 Å². The molecule has 0 spiro atoms. The van der Waals surface area contributed by atoms with Gasteiger partial charge in [0.2, 0.25) is 0 Å². The Bertz CT molecular complexity index is 1310. The second-order valence-electron chi connectivity index (χ2n) is 7.87. The SMILES string of the molecule is COCc1ccccc1-c1ccc(C[C@H](NC(=O)c2cc3cc(OC)ccc3o2)C(=O)O)cc1. The predicted octanol–water partition coefficient (Wildman–Crippen LogP) is 4.68.